The van der Waals surface area contributed by atoms with E-state index in [1.54, 1.807) is 25.3 Å². The lowest BCUT2D eigenvalue weighted by molar-refractivity contribution is -0.129. The van der Waals surface area contributed by atoms with Gasteiger partial charge in [0, 0.05) is 44.7 Å². The lowest BCUT2D eigenvalue weighted by Gasteiger charge is -2.31. The number of hydrogen-bond donors (Lipinski definition) is 5. The van der Waals surface area contributed by atoms with E-state index in [-0.39, 0.29) is 54.4 Å². The standard InChI is InChI=1S/C32H56N4O6/c1-20(2)23(19-35-31(39)24-12-8-9-13-29(24)42-15-11-10-14-41-7)16-26(33)28(37)17-25(21(3)4)32(40)36-27(22(5)6)18-30(34)38/h8-9,12-13,20-23,25-28,37H,10-11,14-19,33H2,1-7H3,(H2,34,38)(H,35,39)(H,36,40). The zero-order valence-electron chi connectivity index (χ0n) is 26.7. The highest BCUT2D eigenvalue weighted by Gasteiger charge is 2.31. The number of rotatable bonds is 21. The number of ether oxygens (including phenoxy) is 2. The maximum Gasteiger partial charge on any atom is 0.255 e. The van der Waals surface area contributed by atoms with Crippen molar-refractivity contribution in [1.82, 2.24) is 10.6 Å². The van der Waals surface area contributed by atoms with E-state index in [1.807, 2.05) is 33.8 Å². The molecule has 7 N–H and O–H groups in total. The molecule has 0 aliphatic heterocycles. The molecule has 10 heteroatoms. The number of primary amides is 1. The van der Waals surface area contributed by atoms with Crippen LogP contribution in [0.1, 0.15) is 84.0 Å². The largest absolute Gasteiger partial charge is 0.493 e. The number of carbonyl (C=O) groups is 3. The summed E-state index contributed by atoms with van der Waals surface area (Å²) in [5, 5.41) is 17.0. The summed E-state index contributed by atoms with van der Waals surface area (Å²) >= 11 is 0. The molecule has 0 aromatic heterocycles. The SMILES string of the molecule is COCCCCOc1ccccc1C(=O)NCC(CC(N)C(O)CC(C(=O)NC(CC(N)=O)C(C)C)C(C)C)C(C)C. The number of amides is 3. The van der Waals surface area contributed by atoms with Crippen LogP contribution >= 0.6 is 0 Å². The Kier molecular flexibility index (Phi) is 17.3. The van der Waals surface area contributed by atoms with Crippen molar-refractivity contribution >= 4 is 17.7 Å². The molecule has 0 heterocycles. The van der Waals surface area contributed by atoms with Gasteiger partial charge in [0.15, 0.2) is 0 Å². The lowest BCUT2D eigenvalue weighted by atomic mass is 9.83. The summed E-state index contributed by atoms with van der Waals surface area (Å²) in [4.78, 5) is 37.7. The van der Waals surface area contributed by atoms with Crippen molar-refractivity contribution in [2.75, 3.05) is 26.9 Å². The fourth-order valence-electron chi connectivity index (χ4n) is 4.80. The minimum atomic E-state index is -0.916. The van der Waals surface area contributed by atoms with E-state index >= 15 is 0 Å². The molecule has 0 aliphatic carbocycles. The van der Waals surface area contributed by atoms with Crippen LogP contribution in [0.3, 0.4) is 0 Å². The van der Waals surface area contributed by atoms with Crippen molar-refractivity contribution in [3.63, 3.8) is 0 Å². The summed E-state index contributed by atoms with van der Waals surface area (Å²) in [5.41, 5.74) is 12.3. The average Bonchev–Trinajstić information content (AvgIpc) is 2.92. The normalized spacial score (nSPS) is 15.2. The summed E-state index contributed by atoms with van der Waals surface area (Å²) in [7, 11) is 1.66. The third kappa shape index (κ3) is 13.5. The number of para-hydroxylation sites is 1. The summed E-state index contributed by atoms with van der Waals surface area (Å²) in [6.07, 6.45) is 1.51. The number of aliphatic hydroxyl groups is 1. The first-order valence-corrected chi connectivity index (χ1v) is 15.3. The lowest BCUT2D eigenvalue weighted by Crippen LogP contribution is -2.47. The van der Waals surface area contributed by atoms with E-state index in [4.69, 9.17) is 20.9 Å². The summed E-state index contributed by atoms with van der Waals surface area (Å²) in [6, 6.07) is 6.21. The minimum absolute atomic E-state index is 0.00735. The Morgan fingerprint density at radius 3 is 2.14 bits per heavy atom. The first-order chi connectivity index (χ1) is 19.8. The third-order valence-corrected chi connectivity index (χ3v) is 7.86. The van der Waals surface area contributed by atoms with Crippen LogP contribution in [-0.4, -0.2) is 67.9 Å². The predicted octanol–water partition coefficient (Wildman–Crippen LogP) is 3.25. The van der Waals surface area contributed by atoms with Crippen molar-refractivity contribution in [2.45, 2.75) is 91.8 Å². The zero-order chi connectivity index (χ0) is 31.8. The van der Waals surface area contributed by atoms with Crippen LogP contribution in [0.5, 0.6) is 5.75 Å². The van der Waals surface area contributed by atoms with E-state index in [0.717, 1.165) is 12.8 Å². The van der Waals surface area contributed by atoms with Crippen molar-refractivity contribution in [3.8, 4) is 5.75 Å². The van der Waals surface area contributed by atoms with Crippen LogP contribution in [-0.2, 0) is 14.3 Å². The Hall–Kier alpha value is -2.69. The molecule has 10 nitrogen and oxygen atoms in total. The van der Waals surface area contributed by atoms with E-state index in [2.05, 4.69) is 24.5 Å². The molecule has 5 atom stereocenters. The highest BCUT2D eigenvalue weighted by atomic mass is 16.5. The van der Waals surface area contributed by atoms with Gasteiger partial charge in [-0.05, 0) is 61.5 Å². The number of nitrogens with two attached hydrogens (primary N) is 2. The molecule has 1 rings (SSSR count). The number of carbonyl (C=O) groups excluding carboxylic acids is 3. The molecule has 1 aromatic carbocycles. The molecule has 3 amide bonds. The maximum absolute atomic E-state index is 13.1. The van der Waals surface area contributed by atoms with Gasteiger partial charge in [-0.1, -0.05) is 53.7 Å². The molecular weight excluding hydrogens is 536 g/mol. The van der Waals surface area contributed by atoms with E-state index < -0.39 is 24.0 Å². The van der Waals surface area contributed by atoms with Gasteiger partial charge in [-0.2, -0.15) is 0 Å². The number of aliphatic hydroxyl groups excluding tert-OH is 1. The first kappa shape index (κ1) is 37.3. The molecule has 5 unspecified atom stereocenters. The molecule has 0 aliphatic rings. The van der Waals surface area contributed by atoms with Crippen molar-refractivity contribution in [1.29, 1.82) is 0 Å². The van der Waals surface area contributed by atoms with Gasteiger partial charge in [0.05, 0.1) is 18.3 Å². The quantitative estimate of drug-likeness (QED) is 0.137. The predicted molar refractivity (Wildman–Crippen MR) is 166 cm³/mol. The molecule has 0 saturated carbocycles. The Bertz CT molecular complexity index is 955. The highest BCUT2D eigenvalue weighted by molar-refractivity contribution is 5.96. The second-order valence-electron chi connectivity index (χ2n) is 12.3. The van der Waals surface area contributed by atoms with Gasteiger partial charge in [0.2, 0.25) is 11.8 Å². The van der Waals surface area contributed by atoms with Crippen LogP contribution in [0, 0.1) is 29.6 Å². The number of nitrogens with one attached hydrogen (secondary N) is 2. The average molecular weight is 593 g/mol. The van der Waals surface area contributed by atoms with Gasteiger partial charge in [0.25, 0.3) is 5.91 Å². The third-order valence-electron chi connectivity index (χ3n) is 7.86. The van der Waals surface area contributed by atoms with Crippen LogP contribution in [0.2, 0.25) is 0 Å². The molecule has 240 valence electrons. The fraction of sp³-hybridized carbons (Fsp3) is 0.719. The molecule has 42 heavy (non-hydrogen) atoms. The van der Waals surface area contributed by atoms with Crippen LogP contribution in [0.15, 0.2) is 24.3 Å². The van der Waals surface area contributed by atoms with Crippen LogP contribution < -0.4 is 26.8 Å². The smallest absolute Gasteiger partial charge is 0.255 e. The summed E-state index contributed by atoms with van der Waals surface area (Å²) in [6.45, 7) is 13.4. The molecule has 0 saturated heterocycles. The van der Waals surface area contributed by atoms with Gasteiger partial charge in [-0.15, -0.1) is 0 Å². The van der Waals surface area contributed by atoms with E-state index in [9.17, 15) is 19.5 Å². The number of methoxy groups -OCH3 is 1. The topological polar surface area (TPSA) is 166 Å². The van der Waals surface area contributed by atoms with Crippen LogP contribution in [0.25, 0.3) is 0 Å². The maximum atomic E-state index is 13.1. The molecule has 0 radical (unpaired) electrons. The molecule has 1 aromatic rings. The van der Waals surface area contributed by atoms with E-state index in [0.29, 0.717) is 37.5 Å². The number of benzene rings is 1. The highest BCUT2D eigenvalue weighted by Crippen LogP contribution is 2.24. The van der Waals surface area contributed by atoms with Crippen molar-refractivity contribution in [2.24, 2.45) is 41.1 Å². The Morgan fingerprint density at radius 2 is 1.57 bits per heavy atom. The monoisotopic (exact) mass is 592 g/mol. The molecular formula is C32H56N4O6. The fourth-order valence-corrected chi connectivity index (χ4v) is 4.80. The Balaban J connectivity index is 2.79. The van der Waals surface area contributed by atoms with Gasteiger partial charge in [-0.3, -0.25) is 14.4 Å². The number of hydrogen-bond acceptors (Lipinski definition) is 7. The molecule has 0 fully saturated rings. The zero-order valence-corrected chi connectivity index (χ0v) is 26.7. The van der Waals surface area contributed by atoms with Crippen molar-refractivity contribution in [3.05, 3.63) is 29.8 Å². The van der Waals surface area contributed by atoms with Gasteiger partial charge in [-0.25, -0.2) is 0 Å². The van der Waals surface area contributed by atoms with Gasteiger partial charge >= 0.3 is 0 Å². The van der Waals surface area contributed by atoms with E-state index in [1.165, 1.54) is 0 Å². The number of unbranched alkanes of at least 4 members (excludes halogenated alkanes) is 1. The Labute approximate surface area is 252 Å². The van der Waals surface area contributed by atoms with Gasteiger partial charge in [0.1, 0.15) is 5.75 Å². The van der Waals surface area contributed by atoms with Crippen molar-refractivity contribution < 1.29 is 29.0 Å². The Morgan fingerprint density at radius 1 is 0.929 bits per heavy atom. The summed E-state index contributed by atoms with van der Waals surface area (Å²) in [5.74, 6) is -0.680. The minimum Gasteiger partial charge on any atom is -0.493 e. The molecule has 0 spiro atoms. The molecule has 0 bridgehead atoms. The second kappa shape index (κ2) is 19.5. The van der Waals surface area contributed by atoms with Crippen LogP contribution in [0.4, 0.5) is 0 Å². The first-order valence-electron chi connectivity index (χ1n) is 15.3. The summed E-state index contributed by atoms with van der Waals surface area (Å²) < 4.78 is 10.9. The second-order valence-corrected chi connectivity index (χ2v) is 12.3. The van der Waals surface area contributed by atoms with Gasteiger partial charge < -0.3 is 36.7 Å².